The van der Waals surface area contributed by atoms with Crippen LogP contribution in [0.25, 0.3) is 10.8 Å². The molecule has 23 heavy (non-hydrogen) atoms. The van der Waals surface area contributed by atoms with Crippen LogP contribution in [0.2, 0.25) is 0 Å². The largest absolute Gasteiger partial charge is 0.247 e. The van der Waals surface area contributed by atoms with Crippen molar-refractivity contribution < 1.29 is 4.59 Å². The Bertz CT molecular complexity index is 775. The molecule has 126 valence electrons. The van der Waals surface area contributed by atoms with Gasteiger partial charge in [0.2, 0.25) is 0 Å². The predicted molar refractivity (Wildman–Crippen MR) is 102 cm³/mol. The molecule has 0 saturated carbocycles. The minimum absolute atomic E-state index is 0.532. The number of fused-ring (bicyclic) bond motifs is 1. The van der Waals surface area contributed by atoms with Gasteiger partial charge in [0.05, 0.1) is 13.6 Å². The molecular weight excluding hydrogens is 280 g/mol. The van der Waals surface area contributed by atoms with Gasteiger partial charge >= 0.3 is 0 Å². The Morgan fingerprint density at radius 1 is 0.652 bits per heavy atom. The molecule has 1 unspecified atom stereocenters. The highest BCUT2D eigenvalue weighted by atomic mass is 15.6. The molecule has 0 heterocycles. The van der Waals surface area contributed by atoms with E-state index in [1.165, 1.54) is 55.3 Å². The Labute approximate surface area is 141 Å². The van der Waals surface area contributed by atoms with Gasteiger partial charge in [-0.2, -0.15) is 5.84 Å². The van der Waals surface area contributed by atoms with E-state index in [2.05, 4.69) is 62.4 Å². The average Bonchev–Trinajstić information content (AvgIpc) is 2.51. The van der Waals surface area contributed by atoms with Crippen molar-refractivity contribution in [2.45, 2.75) is 61.9 Å². The van der Waals surface area contributed by atoms with Gasteiger partial charge in [0, 0.05) is 5.56 Å². The molecular formula is C21H33N2+. The van der Waals surface area contributed by atoms with Gasteiger partial charge in [0.15, 0.2) is 0 Å². The molecule has 0 saturated heterocycles. The van der Waals surface area contributed by atoms with Crippen LogP contribution in [0.4, 0.5) is 0 Å². The first-order valence-corrected chi connectivity index (χ1v) is 8.65. The zero-order chi connectivity index (χ0) is 17.7. The molecule has 2 heteroatoms. The lowest BCUT2D eigenvalue weighted by Crippen LogP contribution is -2.49. The van der Waals surface area contributed by atoms with Crippen LogP contribution < -0.4 is 5.84 Å². The number of hydrogen-bond donors (Lipinski definition) is 1. The summed E-state index contributed by atoms with van der Waals surface area (Å²) in [7, 11) is 2.11. The van der Waals surface area contributed by atoms with E-state index in [0.717, 1.165) is 13.1 Å². The SMILES string of the molecule is CC[N+](C)(N)Cc1c(C)c(C)c(C)c2c(C)c(C)c(C)c(C)c12. The molecule has 0 aliphatic carbocycles. The summed E-state index contributed by atoms with van der Waals surface area (Å²) in [6.07, 6.45) is 0. The van der Waals surface area contributed by atoms with E-state index < -0.39 is 0 Å². The fourth-order valence-corrected chi connectivity index (χ4v) is 3.71. The van der Waals surface area contributed by atoms with Crippen LogP contribution >= 0.6 is 0 Å². The van der Waals surface area contributed by atoms with E-state index >= 15 is 0 Å². The van der Waals surface area contributed by atoms with Gasteiger partial charge in [-0.15, -0.1) is 0 Å². The van der Waals surface area contributed by atoms with Crippen LogP contribution in [-0.2, 0) is 6.54 Å². The summed E-state index contributed by atoms with van der Waals surface area (Å²) >= 11 is 0. The van der Waals surface area contributed by atoms with Crippen molar-refractivity contribution >= 4 is 10.8 Å². The van der Waals surface area contributed by atoms with Gasteiger partial charge in [0.1, 0.15) is 6.54 Å². The second kappa shape index (κ2) is 5.92. The van der Waals surface area contributed by atoms with Gasteiger partial charge in [-0.3, -0.25) is 0 Å². The van der Waals surface area contributed by atoms with Crippen molar-refractivity contribution in [2.75, 3.05) is 13.6 Å². The number of hydrogen-bond acceptors (Lipinski definition) is 1. The third-order valence-corrected chi connectivity index (χ3v) is 6.18. The van der Waals surface area contributed by atoms with E-state index in [0.29, 0.717) is 4.59 Å². The van der Waals surface area contributed by atoms with E-state index in [-0.39, 0.29) is 0 Å². The normalized spacial score (nSPS) is 14.3. The molecule has 2 N–H and O–H groups in total. The van der Waals surface area contributed by atoms with Crippen molar-refractivity contribution in [1.82, 2.24) is 0 Å². The van der Waals surface area contributed by atoms with Crippen LogP contribution in [0, 0.1) is 48.5 Å². The van der Waals surface area contributed by atoms with Crippen LogP contribution in [0.3, 0.4) is 0 Å². The summed E-state index contributed by atoms with van der Waals surface area (Å²) in [5.74, 6) is 6.49. The molecule has 0 fully saturated rings. The Balaban J connectivity index is 3.02. The Kier molecular flexibility index (Phi) is 4.62. The zero-order valence-electron chi connectivity index (χ0n) is 16.4. The zero-order valence-corrected chi connectivity index (χ0v) is 16.4. The molecule has 0 bridgehead atoms. The molecule has 2 rings (SSSR count). The number of quaternary nitrogens is 1. The molecule has 2 aromatic carbocycles. The van der Waals surface area contributed by atoms with Crippen molar-refractivity contribution in [1.29, 1.82) is 0 Å². The van der Waals surface area contributed by atoms with E-state index in [4.69, 9.17) is 5.84 Å². The average molecular weight is 314 g/mol. The first-order chi connectivity index (χ1) is 10.5. The predicted octanol–water partition coefficient (Wildman–Crippen LogP) is 4.84. The number of aryl methyl sites for hydroxylation is 3. The smallest absolute Gasteiger partial charge is 0.122 e. The van der Waals surface area contributed by atoms with Crippen molar-refractivity contribution in [2.24, 2.45) is 5.84 Å². The highest BCUT2D eigenvalue weighted by Gasteiger charge is 2.23. The minimum Gasteiger partial charge on any atom is -0.247 e. The standard InChI is InChI=1S/C21H33N2/c1-10-23(9,22)11-19-15(5)14(4)17(7)20-16(6)12(2)13(3)18(8)21(19)20/h10-11,22H2,1-9H3/q+1. The number of benzene rings is 2. The van der Waals surface area contributed by atoms with Gasteiger partial charge in [-0.1, -0.05) is 0 Å². The second-order valence-corrected chi connectivity index (χ2v) is 7.56. The third kappa shape index (κ3) is 2.79. The first kappa shape index (κ1) is 18.0. The summed E-state index contributed by atoms with van der Waals surface area (Å²) < 4.78 is 0.532. The van der Waals surface area contributed by atoms with Crippen molar-refractivity contribution in [3.05, 3.63) is 44.5 Å². The van der Waals surface area contributed by atoms with Crippen LogP contribution in [0.5, 0.6) is 0 Å². The minimum atomic E-state index is 0.532. The fraction of sp³-hybridized carbons (Fsp3) is 0.524. The van der Waals surface area contributed by atoms with Crippen molar-refractivity contribution in [3.8, 4) is 0 Å². The quantitative estimate of drug-likeness (QED) is 0.490. The molecule has 0 amide bonds. The molecule has 0 spiro atoms. The highest BCUT2D eigenvalue weighted by Crippen LogP contribution is 2.38. The Hall–Kier alpha value is -1.38. The van der Waals surface area contributed by atoms with Gasteiger partial charge in [0.25, 0.3) is 0 Å². The number of nitrogens with two attached hydrogens (primary N) is 1. The molecule has 0 radical (unpaired) electrons. The fourth-order valence-electron chi connectivity index (χ4n) is 3.71. The summed E-state index contributed by atoms with van der Waals surface area (Å²) in [5.41, 5.74) is 11.4. The van der Waals surface area contributed by atoms with Crippen LogP contribution in [0.15, 0.2) is 0 Å². The maximum atomic E-state index is 6.49. The first-order valence-electron chi connectivity index (χ1n) is 8.65. The van der Waals surface area contributed by atoms with Gasteiger partial charge in [-0.25, -0.2) is 4.59 Å². The molecule has 1 atom stereocenters. The Morgan fingerprint density at radius 2 is 1.04 bits per heavy atom. The van der Waals surface area contributed by atoms with Gasteiger partial charge in [-0.05, 0) is 105 Å². The molecule has 2 nitrogen and oxygen atoms in total. The molecule has 0 aromatic heterocycles. The molecule has 0 aliphatic heterocycles. The topological polar surface area (TPSA) is 26.0 Å². The maximum Gasteiger partial charge on any atom is 0.122 e. The Morgan fingerprint density at radius 3 is 1.48 bits per heavy atom. The van der Waals surface area contributed by atoms with Crippen LogP contribution in [0.1, 0.15) is 51.4 Å². The highest BCUT2D eigenvalue weighted by molar-refractivity contribution is 5.97. The van der Waals surface area contributed by atoms with E-state index in [1.54, 1.807) is 0 Å². The maximum absolute atomic E-state index is 6.49. The molecule has 2 aromatic rings. The number of rotatable bonds is 3. The molecule has 0 aliphatic rings. The monoisotopic (exact) mass is 313 g/mol. The summed E-state index contributed by atoms with van der Waals surface area (Å²) in [5, 5.41) is 2.88. The lowest BCUT2D eigenvalue weighted by atomic mass is 9.83. The van der Waals surface area contributed by atoms with Crippen molar-refractivity contribution in [3.63, 3.8) is 0 Å². The second-order valence-electron chi connectivity index (χ2n) is 7.56. The van der Waals surface area contributed by atoms with Crippen LogP contribution in [-0.4, -0.2) is 18.2 Å². The summed E-state index contributed by atoms with van der Waals surface area (Å²) in [6.45, 7) is 19.8. The lowest BCUT2D eigenvalue weighted by Gasteiger charge is -2.30. The van der Waals surface area contributed by atoms with E-state index in [1.807, 2.05) is 0 Å². The summed E-state index contributed by atoms with van der Waals surface area (Å²) in [6, 6.07) is 0. The van der Waals surface area contributed by atoms with E-state index in [9.17, 15) is 0 Å². The third-order valence-electron chi connectivity index (χ3n) is 6.18. The lowest BCUT2D eigenvalue weighted by molar-refractivity contribution is -0.932. The summed E-state index contributed by atoms with van der Waals surface area (Å²) in [4.78, 5) is 0. The van der Waals surface area contributed by atoms with Gasteiger partial charge < -0.3 is 0 Å². The number of nitrogens with zero attached hydrogens (tertiary/aromatic N) is 1.